The summed E-state index contributed by atoms with van der Waals surface area (Å²) in [6, 6.07) is 4.13. The Morgan fingerprint density at radius 3 is 2.76 bits per heavy atom. The summed E-state index contributed by atoms with van der Waals surface area (Å²) in [5, 5.41) is 8.76. The van der Waals surface area contributed by atoms with Gasteiger partial charge in [0.2, 0.25) is 0 Å². The van der Waals surface area contributed by atoms with Crippen molar-refractivity contribution >= 4 is 28.5 Å². The zero-order valence-corrected chi connectivity index (χ0v) is 11.8. The standard InChI is InChI=1S/C12H15FINO2/c1-2-15(6-3-7-16)12(17)10-5-4-9(13)8-11(10)14/h4-5,8,16H,2-3,6-7H2,1H3. The maximum atomic E-state index is 12.9. The molecule has 1 amide bonds. The van der Waals surface area contributed by atoms with E-state index in [-0.39, 0.29) is 18.3 Å². The Bertz CT molecular complexity index is 398. The maximum Gasteiger partial charge on any atom is 0.254 e. The van der Waals surface area contributed by atoms with Gasteiger partial charge in [-0.2, -0.15) is 0 Å². The van der Waals surface area contributed by atoms with Crippen molar-refractivity contribution in [2.45, 2.75) is 13.3 Å². The molecule has 0 heterocycles. The van der Waals surface area contributed by atoms with E-state index in [1.165, 1.54) is 18.2 Å². The average molecular weight is 351 g/mol. The molecule has 1 aromatic carbocycles. The fraction of sp³-hybridized carbons (Fsp3) is 0.417. The summed E-state index contributed by atoms with van der Waals surface area (Å²) in [5.74, 6) is -0.463. The lowest BCUT2D eigenvalue weighted by atomic mass is 10.2. The van der Waals surface area contributed by atoms with E-state index in [1.807, 2.05) is 29.5 Å². The number of hydrogen-bond donors (Lipinski definition) is 1. The van der Waals surface area contributed by atoms with Crippen molar-refractivity contribution in [3.63, 3.8) is 0 Å². The van der Waals surface area contributed by atoms with E-state index in [4.69, 9.17) is 5.11 Å². The third kappa shape index (κ3) is 3.92. The number of halogens is 2. The van der Waals surface area contributed by atoms with Gasteiger partial charge in [0.15, 0.2) is 0 Å². The number of amides is 1. The number of benzene rings is 1. The molecule has 0 aliphatic rings. The predicted molar refractivity (Wildman–Crippen MR) is 72.4 cm³/mol. The van der Waals surface area contributed by atoms with Gasteiger partial charge >= 0.3 is 0 Å². The maximum absolute atomic E-state index is 12.9. The van der Waals surface area contributed by atoms with Gasteiger partial charge < -0.3 is 10.0 Å². The number of aliphatic hydroxyl groups is 1. The normalized spacial score (nSPS) is 10.4. The minimum absolute atomic E-state index is 0.0598. The number of carbonyl (C=O) groups is 1. The Labute approximate surface area is 114 Å². The van der Waals surface area contributed by atoms with Crippen molar-refractivity contribution in [2.75, 3.05) is 19.7 Å². The van der Waals surface area contributed by atoms with Gasteiger partial charge in [-0.05, 0) is 54.1 Å². The average Bonchev–Trinajstić information content (AvgIpc) is 2.29. The Balaban J connectivity index is 2.86. The van der Waals surface area contributed by atoms with Gasteiger partial charge in [0.05, 0.1) is 5.56 Å². The van der Waals surface area contributed by atoms with E-state index in [0.717, 1.165) is 0 Å². The molecule has 5 heteroatoms. The fourth-order valence-corrected chi connectivity index (χ4v) is 2.21. The quantitative estimate of drug-likeness (QED) is 0.827. The van der Waals surface area contributed by atoms with Crippen LogP contribution in [0.3, 0.4) is 0 Å². The molecule has 0 bridgehead atoms. The van der Waals surface area contributed by atoms with Crippen molar-refractivity contribution in [1.29, 1.82) is 0 Å². The first-order chi connectivity index (χ1) is 8.10. The Morgan fingerprint density at radius 2 is 2.24 bits per heavy atom. The highest BCUT2D eigenvalue weighted by molar-refractivity contribution is 14.1. The Kier molecular flexibility index (Phi) is 5.84. The first kappa shape index (κ1) is 14.4. The summed E-state index contributed by atoms with van der Waals surface area (Å²) < 4.78 is 13.5. The van der Waals surface area contributed by atoms with Crippen molar-refractivity contribution in [3.8, 4) is 0 Å². The van der Waals surface area contributed by atoms with E-state index in [0.29, 0.717) is 28.6 Å². The van der Waals surface area contributed by atoms with Gasteiger partial charge in [0, 0.05) is 23.3 Å². The molecule has 0 aliphatic carbocycles. The summed E-state index contributed by atoms with van der Waals surface area (Å²) in [4.78, 5) is 13.8. The van der Waals surface area contributed by atoms with Gasteiger partial charge in [-0.15, -0.1) is 0 Å². The second-order valence-corrected chi connectivity index (χ2v) is 4.75. The van der Waals surface area contributed by atoms with Crippen LogP contribution in [0.15, 0.2) is 18.2 Å². The number of rotatable bonds is 5. The minimum Gasteiger partial charge on any atom is -0.396 e. The van der Waals surface area contributed by atoms with Crippen LogP contribution in [0.5, 0.6) is 0 Å². The SMILES string of the molecule is CCN(CCCO)C(=O)c1ccc(F)cc1I. The van der Waals surface area contributed by atoms with Gasteiger partial charge in [0.25, 0.3) is 5.91 Å². The van der Waals surface area contributed by atoms with Crippen LogP contribution in [-0.4, -0.2) is 35.6 Å². The number of hydrogen-bond acceptors (Lipinski definition) is 2. The molecule has 0 radical (unpaired) electrons. The zero-order valence-electron chi connectivity index (χ0n) is 9.62. The molecule has 17 heavy (non-hydrogen) atoms. The van der Waals surface area contributed by atoms with Crippen molar-refractivity contribution in [1.82, 2.24) is 4.90 Å². The van der Waals surface area contributed by atoms with Crippen LogP contribution < -0.4 is 0 Å². The molecule has 0 aliphatic heterocycles. The Morgan fingerprint density at radius 1 is 1.53 bits per heavy atom. The molecule has 3 nitrogen and oxygen atoms in total. The molecular formula is C12H15FINO2. The van der Waals surface area contributed by atoms with E-state index in [9.17, 15) is 9.18 Å². The predicted octanol–water partition coefficient (Wildman–Crippen LogP) is 2.27. The molecule has 0 unspecified atom stereocenters. The van der Waals surface area contributed by atoms with Crippen LogP contribution >= 0.6 is 22.6 Å². The third-order valence-corrected chi connectivity index (χ3v) is 3.31. The van der Waals surface area contributed by atoms with Crippen LogP contribution in [-0.2, 0) is 0 Å². The van der Waals surface area contributed by atoms with Crippen LogP contribution in [0.2, 0.25) is 0 Å². The molecule has 0 saturated heterocycles. The summed E-state index contributed by atoms with van der Waals surface area (Å²) in [5.41, 5.74) is 0.506. The summed E-state index contributed by atoms with van der Waals surface area (Å²) >= 11 is 1.95. The molecule has 0 fully saturated rings. The summed E-state index contributed by atoms with van der Waals surface area (Å²) in [6.07, 6.45) is 0.553. The second-order valence-electron chi connectivity index (χ2n) is 3.59. The van der Waals surface area contributed by atoms with Crippen LogP contribution in [0.4, 0.5) is 4.39 Å². The molecular weight excluding hydrogens is 336 g/mol. The van der Waals surface area contributed by atoms with Crippen molar-refractivity contribution < 1.29 is 14.3 Å². The van der Waals surface area contributed by atoms with E-state index >= 15 is 0 Å². The smallest absolute Gasteiger partial charge is 0.254 e. The van der Waals surface area contributed by atoms with Gasteiger partial charge in [0.1, 0.15) is 5.82 Å². The van der Waals surface area contributed by atoms with Gasteiger partial charge in [-0.1, -0.05) is 0 Å². The largest absolute Gasteiger partial charge is 0.396 e. The van der Waals surface area contributed by atoms with Crippen molar-refractivity contribution in [2.24, 2.45) is 0 Å². The molecule has 1 aromatic rings. The van der Waals surface area contributed by atoms with Crippen LogP contribution in [0.25, 0.3) is 0 Å². The third-order valence-electron chi connectivity index (χ3n) is 2.42. The molecule has 1 N–H and O–H groups in total. The minimum atomic E-state index is -0.343. The molecule has 94 valence electrons. The number of nitrogens with zero attached hydrogens (tertiary/aromatic N) is 1. The van der Waals surface area contributed by atoms with E-state index in [1.54, 1.807) is 4.90 Å². The van der Waals surface area contributed by atoms with Crippen LogP contribution in [0.1, 0.15) is 23.7 Å². The highest BCUT2D eigenvalue weighted by Crippen LogP contribution is 2.16. The van der Waals surface area contributed by atoms with Crippen molar-refractivity contribution in [3.05, 3.63) is 33.1 Å². The lowest BCUT2D eigenvalue weighted by Crippen LogP contribution is -2.32. The van der Waals surface area contributed by atoms with Crippen LogP contribution in [0, 0.1) is 9.39 Å². The molecule has 1 rings (SSSR count). The number of aliphatic hydroxyl groups excluding tert-OH is 1. The van der Waals surface area contributed by atoms with E-state index < -0.39 is 0 Å². The summed E-state index contributed by atoms with van der Waals surface area (Å²) in [7, 11) is 0. The highest BCUT2D eigenvalue weighted by atomic mass is 127. The topological polar surface area (TPSA) is 40.5 Å². The molecule has 0 saturated carbocycles. The van der Waals surface area contributed by atoms with E-state index in [2.05, 4.69) is 0 Å². The second kappa shape index (κ2) is 6.90. The number of carbonyl (C=O) groups excluding carboxylic acids is 1. The monoisotopic (exact) mass is 351 g/mol. The lowest BCUT2D eigenvalue weighted by molar-refractivity contribution is 0.0753. The Hall–Kier alpha value is -0.690. The molecule has 0 aromatic heterocycles. The zero-order chi connectivity index (χ0) is 12.8. The lowest BCUT2D eigenvalue weighted by Gasteiger charge is -2.21. The van der Waals surface area contributed by atoms with Gasteiger partial charge in [-0.25, -0.2) is 4.39 Å². The highest BCUT2D eigenvalue weighted by Gasteiger charge is 2.16. The molecule has 0 atom stereocenters. The first-order valence-electron chi connectivity index (χ1n) is 5.45. The van der Waals surface area contributed by atoms with Gasteiger partial charge in [-0.3, -0.25) is 4.79 Å². The fourth-order valence-electron chi connectivity index (χ4n) is 1.50. The summed E-state index contributed by atoms with van der Waals surface area (Å²) in [6.45, 7) is 3.03. The first-order valence-corrected chi connectivity index (χ1v) is 6.53. The molecule has 0 spiro atoms.